The Morgan fingerprint density at radius 1 is 0.900 bits per heavy atom. The Hall–Kier alpha value is -3.08. The number of para-hydroxylation sites is 1. The van der Waals surface area contributed by atoms with Gasteiger partial charge in [0.05, 0.1) is 6.04 Å². The first kappa shape index (κ1) is 17.8. The number of aromatic amines is 1. The van der Waals surface area contributed by atoms with Gasteiger partial charge in [0.25, 0.3) is 0 Å². The SMILES string of the molecule is O=C1C2Cc3c([nH]c4ccccc34)C(c3ccccc3)N2C(=O)CN1C1CCCC1. The van der Waals surface area contributed by atoms with E-state index in [1.54, 1.807) is 0 Å². The summed E-state index contributed by atoms with van der Waals surface area (Å²) in [6, 6.07) is 17.9. The van der Waals surface area contributed by atoms with Crippen molar-refractivity contribution in [3.63, 3.8) is 0 Å². The third kappa shape index (κ3) is 2.54. The zero-order chi connectivity index (χ0) is 20.2. The van der Waals surface area contributed by atoms with Gasteiger partial charge >= 0.3 is 0 Å². The minimum atomic E-state index is -0.427. The number of H-pyrrole nitrogens is 1. The zero-order valence-corrected chi connectivity index (χ0v) is 16.9. The molecule has 2 aromatic carbocycles. The molecule has 5 heteroatoms. The second-order valence-electron chi connectivity index (χ2n) is 8.80. The molecular formula is C25H25N3O2. The van der Waals surface area contributed by atoms with Gasteiger partial charge in [0.2, 0.25) is 11.8 Å². The number of aromatic nitrogens is 1. The molecule has 0 radical (unpaired) electrons. The number of carbonyl (C=O) groups is 2. The van der Waals surface area contributed by atoms with Crippen molar-refractivity contribution < 1.29 is 9.59 Å². The van der Waals surface area contributed by atoms with E-state index in [0.29, 0.717) is 6.42 Å². The number of hydrogen-bond donors (Lipinski definition) is 1. The normalized spacial score (nSPS) is 24.4. The number of rotatable bonds is 2. The Labute approximate surface area is 175 Å². The van der Waals surface area contributed by atoms with Crippen LogP contribution in [0.5, 0.6) is 0 Å². The Morgan fingerprint density at radius 3 is 2.43 bits per heavy atom. The van der Waals surface area contributed by atoms with Crippen LogP contribution in [0.25, 0.3) is 10.9 Å². The van der Waals surface area contributed by atoms with E-state index >= 15 is 0 Å². The number of benzene rings is 2. The number of amides is 2. The lowest BCUT2D eigenvalue weighted by atomic mass is 9.86. The van der Waals surface area contributed by atoms with Crippen LogP contribution in [0.1, 0.15) is 48.5 Å². The average molecular weight is 399 g/mol. The number of piperazine rings is 1. The Bertz CT molecular complexity index is 1130. The Kier molecular flexibility index (Phi) is 3.98. The van der Waals surface area contributed by atoms with Gasteiger partial charge in [0.1, 0.15) is 12.6 Å². The summed E-state index contributed by atoms with van der Waals surface area (Å²) >= 11 is 0. The summed E-state index contributed by atoms with van der Waals surface area (Å²) in [6.07, 6.45) is 4.92. The van der Waals surface area contributed by atoms with Crippen molar-refractivity contribution in [3.05, 3.63) is 71.4 Å². The van der Waals surface area contributed by atoms with Gasteiger partial charge in [0.15, 0.2) is 0 Å². The summed E-state index contributed by atoms with van der Waals surface area (Å²) in [5.41, 5.74) is 4.34. The van der Waals surface area contributed by atoms with Crippen molar-refractivity contribution in [1.82, 2.24) is 14.8 Å². The zero-order valence-electron chi connectivity index (χ0n) is 16.9. The maximum atomic E-state index is 13.7. The molecule has 1 aromatic heterocycles. The number of carbonyl (C=O) groups excluding carboxylic acids is 2. The molecular weight excluding hydrogens is 374 g/mol. The molecule has 2 aliphatic heterocycles. The van der Waals surface area contributed by atoms with E-state index in [0.717, 1.165) is 47.8 Å². The summed E-state index contributed by atoms with van der Waals surface area (Å²) in [5.74, 6) is 0.183. The van der Waals surface area contributed by atoms with Gasteiger partial charge in [-0.3, -0.25) is 9.59 Å². The summed E-state index contributed by atoms with van der Waals surface area (Å²) in [6.45, 7) is 0.207. The molecule has 2 atom stereocenters. The molecule has 2 amide bonds. The second-order valence-corrected chi connectivity index (χ2v) is 8.80. The molecule has 6 rings (SSSR count). The first-order chi connectivity index (χ1) is 14.7. The molecule has 5 nitrogen and oxygen atoms in total. The molecule has 2 unspecified atom stereocenters. The number of nitrogens with zero attached hydrogens (tertiary/aromatic N) is 2. The van der Waals surface area contributed by atoms with Crippen molar-refractivity contribution in [3.8, 4) is 0 Å². The molecule has 152 valence electrons. The van der Waals surface area contributed by atoms with Crippen LogP contribution in [-0.2, 0) is 16.0 Å². The Balaban J connectivity index is 1.51. The van der Waals surface area contributed by atoms with Crippen molar-refractivity contribution >= 4 is 22.7 Å². The van der Waals surface area contributed by atoms with E-state index < -0.39 is 6.04 Å². The average Bonchev–Trinajstić information content (AvgIpc) is 3.43. The highest BCUT2D eigenvalue weighted by Gasteiger charge is 2.49. The van der Waals surface area contributed by atoms with Crippen molar-refractivity contribution in [2.24, 2.45) is 0 Å². The summed E-state index contributed by atoms with van der Waals surface area (Å²) in [5, 5.41) is 1.16. The summed E-state index contributed by atoms with van der Waals surface area (Å²) < 4.78 is 0. The van der Waals surface area contributed by atoms with E-state index in [4.69, 9.17) is 0 Å². The molecule has 30 heavy (non-hydrogen) atoms. The van der Waals surface area contributed by atoms with Gasteiger partial charge in [-0.25, -0.2) is 0 Å². The standard InChI is InChI=1S/C25H25N3O2/c29-22-15-27(17-10-4-5-11-17)25(30)21-14-19-18-12-6-7-13-20(18)26-23(19)24(28(21)22)16-8-2-1-3-9-16/h1-3,6-9,12-13,17,21,24,26H,4-5,10-11,14-15H2. The summed E-state index contributed by atoms with van der Waals surface area (Å²) in [7, 11) is 0. The first-order valence-electron chi connectivity index (χ1n) is 11.0. The molecule has 0 spiro atoms. The van der Waals surface area contributed by atoms with E-state index in [1.165, 1.54) is 5.56 Å². The van der Waals surface area contributed by atoms with Crippen molar-refractivity contribution in [2.45, 2.75) is 50.2 Å². The maximum absolute atomic E-state index is 13.7. The fourth-order valence-electron chi connectivity index (χ4n) is 5.79. The fourth-order valence-corrected chi connectivity index (χ4v) is 5.79. The molecule has 3 heterocycles. The first-order valence-corrected chi connectivity index (χ1v) is 11.0. The Morgan fingerprint density at radius 2 is 1.63 bits per heavy atom. The predicted molar refractivity (Wildman–Crippen MR) is 115 cm³/mol. The van der Waals surface area contributed by atoms with Gasteiger partial charge < -0.3 is 14.8 Å². The largest absolute Gasteiger partial charge is 0.356 e. The minimum absolute atomic E-state index is 0.0599. The lowest BCUT2D eigenvalue weighted by molar-refractivity contribution is -0.160. The van der Waals surface area contributed by atoms with Gasteiger partial charge in [-0.05, 0) is 30.0 Å². The smallest absolute Gasteiger partial charge is 0.246 e. The van der Waals surface area contributed by atoms with Gasteiger partial charge in [-0.15, -0.1) is 0 Å². The molecule has 3 aliphatic rings. The van der Waals surface area contributed by atoms with E-state index in [-0.39, 0.29) is 30.4 Å². The highest BCUT2D eigenvalue weighted by atomic mass is 16.2. The molecule has 1 saturated carbocycles. The van der Waals surface area contributed by atoms with Gasteiger partial charge in [-0.1, -0.05) is 61.4 Å². The molecule has 3 aromatic rings. The molecule has 1 aliphatic carbocycles. The highest BCUT2D eigenvalue weighted by molar-refractivity contribution is 5.97. The van der Waals surface area contributed by atoms with E-state index in [9.17, 15) is 9.59 Å². The van der Waals surface area contributed by atoms with Gasteiger partial charge in [0, 0.05) is 29.1 Å². The molecule has 1 N–H and O–H groups in total. The van der Waals surface area contributed by atoms with E-state index in [1.807, 2.05) is 40.1 Å². The van der Waals surface area contributed by atoms with Crippen LogP contribution in [0, 0.1) is 0 Å². The van der Waals surface area contributed by atoms with Crippen LogP contribution in [0.3, 0.4) is 0 Å². The molecule has 2 fully saturated rings. The van der Waals surface area contributed by atoms with Crippen LogP contribution >= 0.6 is 0 Å². The van der Waals surface area contributed by atoms with Crippen LogP contribution in [0.2, 0.25) is 0 Å². The van der Waals surface area contributed by atoms with Crippen molar-refractivity contribution in [2.75, 3.05) is 6.54 Å². The minimum Gasteiger partial charge on any atom is -0.356 e. The quantitative estimate of drug-likeness (QED) is 0.713. The van der Waals surface area contributed by atoms with Crippen LogP contribution < -0.4 is 0 Å². The monoisotopic (exact) mass is 399 g/mol. The highest BCUT2D eigenvalue weighted by Crippen LogP contribution is 2.43. The number of hydrogen-bond acceptors (Lipinski definition) is 2. The van der Waals surface area contributed by atoms with Crippen LogP contribution in [0.15, 0.2) is 54.6 Å². The van der Waals surface area contributed by atoms with Crippen LogP contribution in [-0.4, -0.2) is 45.2 Å². The third-order valence-electron chi connectivity index (χ3n) is 7.17. The molecule has 0 bridgehead atoms. The van der Waals surface area contributed by atoms with E-state index in [2.05, 4.69) is 29.2 Å². The van der Waals surface area contributed by atoms with Crippen LogP contribution in [0.4, 0.5) is 0 Å². The van der Waals surface area contributed by atoms with Gasteiger partial charge in [-0.2, -0.15) is 0 Å². The fraction of sp³-hybridized carbons (Fsp3) is 0.360. The second kappa shape index (κ2) is 6.73. The lowest BCUT2D eigenvalue weighted by Crippen LogP contribution is -2.64. The number of nitrogens with one attached hydrogen (secondary N) is 1. The van der Waals surface area contributed by atoms with Crippen molar-refractivity contribution in [1.29, 1.82) is 0 Å². The topological polar surface area (TPSA) is 56.4 Å². The third-order valence-corrected chi connectivity index (χ3v) is 7.17. The predicted octanol–water partition coefficient (Wildman–Crippen LogP) is 3.80. The molecule has 1 saturated heterocycles. The summed E-state index contributed by atoms with van der Waals surface area (Å²) in [4.78, 5) is 34.5. The number of fused-ring (bicyclic) bond motifs is 4. The maximum Gasteiger partial charge on any atom is 0.246 e. The lowest BCUT2D eigenvalue weighted by Gasteiger charge is -2.48.